The highest BCUT2D eigenvalue weighted by Crippen LogP contribution is 2.06. The van der Waals surface area contributed by atoms with Gasteiger partial charge >= 0.3 is 0 Å². The van der Waals surface area contributed by atoms with Crippen LogP contribution >= 0.6 is 0 Å². The highest BCUT2D eigenvalue weighted by atomic mass is 16.2. The summed E-state index contributed by atoms with van der Waals surface area (Å²) in [5, 5.41) is 0. The molecule has 17 heavy (non-hydrogen) atoms. The first-order valence-electron chi connectivity index (χ1n) is 5.59. The van der Waals surface area contributed by atoms with Crippen molar-refractivity contribution in [1.82, 2.24) is 9.80 Å². The molecule has 0 spiro atoms. The Morgan fingerprint density at radius 3 is 1.65 bits per heavy atom. The molecule has 0 aromatic carbocycles. The second kappa shape index (κ2) is 7.01. The van der Waals surface area contributed by atoms with E-state index < -0.39 is 0 Å². The van der Waals surface area contributed by atoms with Gasteiger partial charge in [0, 0.05) is 17.7 Å². The van der Waals surface area contributed by atoms with E-state index in [1.807, 2.05) is 19.0 Å². The topological polar surface area (TPSA) is 40.6 Å². The van der Waals surface area contributed by atoms with Crippen molar-refractivity contribution in [2.75, 3.05) is 27.2 Å². The summed E-state index contributed by atoms with van der Waals surface area (Å²) in [6.07, 6.45) is 0.741. The summed E-state index contributed by atoms with van der Waals surface area (Å²) in [6.45, 7) is 11.6. The van der Waals surface area contributed by atoms with Crippen LogP contribution in [0.5, 0.6) is 0 Å². The quantitative estimate of drug-likeness (QED) is 0.658. The van der Waals surface area contributed by atoms with Crippen LogP contribution in [0, 0.1) is 0 Å². The van der Waals surface area contributed by atoms with E-state index in [0.717, 1.165) is 13.0 Å². The molecule has 0 radical (unpaired) electrons. The van der Waals surface area contributed by atoms with Crippen molar-refractivity contribution < 1.29 is 9.59 Å². The predicted octanol–water partition coefficient (Wildman–Crippen LogP) is 1.45. The Labute approximate surface area is 104 Å². The molecular weight excluding hydrogens is 216 g/mol. The molecule has 0 unspecified atom stereocenters. The number of rotatable bonds is 6. The number of amides is 2. The summed E-state index contributed by atoms with van der Waals surface area (Å²) in [5.74, 6) is -0.645. The van der Waals surface area contributed by atoms with Crippen molar-refractivity contribution in [3.05, 3.63) is 24.3 Å². The molecule has 4 heteroatoms. The smallest absolute Gasteiger partial charge is 0.255 e. The van der Waals surface area contributed by atoms with E-state index in [2.05, 4.69) is 13.2 Å². The lowest BCUT2D eigenvalue weighted by atomic mass is 10.2. The highest BCUT2D eigenvalue weighted by molar-refractivity contribution is 6.08. The Balaban J connectivity index is 4.63. The molecule has 0 fully saturated rings. The second-order valence-corrected chi connectivity index (χ2v) is 4.48. The third-order valence-electron chi connectivity index (χ3n) is 2.21. The van der Waals surface area contributed by atoms with Crippen molar-refractivity contribution in [3.8, 4) is 0 Å². The lowest BCUT2D eigenvalue weighted by Gasteiger charge is -2.21. The van der Waals surface area contributed by atoms with Gasteiger partial charge in [0.2, 0.25) is 0 Å². The van der Waals surface area contributed by atoms with Crippen molar-refractivity contribution in [3.63, 3.8) is 0 Å². The van der Waals surface area contributed by atoms with E-state index in [4.69, 9.17) is 0 Å². The Hall–Kier alpha value is -1.42. The molecule has 0 heterocycles. The maximum absolute atomic E-state index is 11.8. The zero-order valence-corrected chi connectivity index (χ0v) is 11.2. The van der Waals surface area contributed by atoms with Crippen LogP contribution in [0.25, 0.3) is 0 Å². The Morgan fingerprint density at radius 2 is 1.35 bits per heavy atom. The molecule has 0 saturated heterocycles. The van der Waals surface area contributed by atoms with Crippen LogP contribution in [0.2, 0.25) is 0 Å². The zero-order valence-electron chi connectivity index (χ0n) is 11.2. The maximum atomic E-state index is 11.8. The van der Waals surface area contributed by atoms with Crippen LogP contribution in [0.4, 0.5) is 0 Å². The van der Waals surface area contributed by atoms with Gasteiger partial charge in [0.1, 0.15) is 0 Å². The molecule has 0 rings (SSSR count). The summed E-state index contributed by atoms with van der Waals surface area (Å²) in [6, 6.07) is 0. The summed E-state index contributed by atoms with van der Waals surface area (Å²) >= 11 is 0. The Kier molecular flexibility index (Phi) is 6.43. The van der Waals surface area contributed by atoms with Crippen molar-refractivity contribution >= 4 is 11.8 Å². The molecule has 0 atom stereocenters. The molecule has 0 aliphatic heterocycles. The van der Waals surface area contributed by atoms with E-state index in [-0.39, 0.29) is 11.8 Å². The molecular formula is C13H22N2O2. The van der Waals surface area contributed by atoms with Gasteiger partial charge in [0.15, 0.2) is 0 Å². The van der Waals surface area contributed by atoms with Crippen LogP contribution in [0.3, 0.4) is 0 Å². The minimum atomic E-state index is -0.322. The standard InChI is InChI=1S/C13H22N2O2/c1-10(2)12(16)15(13(17)11(3)4)9-7-8-14(5)6/h1,3,7-9H2,2,4-6H3. The molecule has 0 N–H and O–H groups in total. The number of hydrogen-bond acceptors (Lipinski definition) is 3. The second-order valence-electron chi connectivity index (χ2n) is 4.48. The Morgan fingerprint density at radius 1 is 0.941 bits per heavy atom. The molecule has 0 aromatic rings. The van der Waals surface area contributed by atoms with E-state index in [1.165, 1.54) is 4.90 Å². The maximum Gasteiger partial charge on any atom is 0.255 e. The number of carbonyl (C=O) groups is 2. The summed E-state index contributed by atoms with van der Waals surface area (Å²) in [4.78, 5) is 26.9. The fraction of sp³-hybridized carbons (Fsp3) is 0.538. The van der Waals surface area contributed by atoms with E-state index in [9.17, 15) is 9.59 Å². The summed E-state index contributed by atoms with van der Waals surface area (Å²) in [5.41, 5.74) is 0.730. The van der Waals surface area contributed by atoms with Gasteiger partial charge in [0.05, 0.1) is 0 Å². The monoisotopic (exact) mass is 238 g/mol. The van der Waals surface area contributed by atoms with Crippen LogP contribution in [-0.4, -0.2) is 48.8 Å². The third-order valence-corrected chi connectivity index (χ3v) is 2.21. The fourth-order valence-electron chi connectivity index (χ4n) is 1.30. The number of carbonyl (C=O) groups excluding carboxylic acids is 2. The SMILES string of the molecule is C=C(C)C(=O)N(CCCN(C)C)C(=O)C(=C)C. The molecule has 4 nitrogen and oxygen atoms in total. The van der Waals surface area contributed by atoms with Gasteiger partial charge in [-0.1, -0.05) is 13.2 Å². The van der Waals surface area contributed by atoms with Crippen molar-refractivity contribution in [2.24, 2.45) is 0 Å². The average Bonchev–Trinajstić information content (AvgIpc) is 2.21. The Bertz CT molecular complexity index is 306. The summed E-state index contributed by atoms with van der Waals surface area (Å²) in [7, 11) is 3.90. The molecule has 0 bridgehead atoms. The minimum absolute atomic E-state index is 0.322. The first-order valence-corrected chi connectivity index (χ1v) is 5.59. The minimum Gasteiger partial charge on any atom is -0.309 e. The average molecular weight is 238 g/mol. The molecule has 0 saturated carbocycles. The van der Waals surface area contributed by atoms with Crippen LogP contribution < -0.4 is 0 Å². The lowest BCUT2D eigenvalue weighted by Crippen LogP contribution is -2.39. The molecule has 96 valence electrons. The zero-order chi connectivity index (χ0) is 13.6. The van der Waals surface area contributed by atoms with E-state index >= 15 is 0 Å². The van der Waals surface area contributed by atoms with Gasteiger partial charge in [-0.25, -0.2) is 0 Å². The molecule has 0 aliphatic rings. The predicted molar refractivity (Wildman–Crippen MR) is 69.5 cm³/mol. The van der Waals surface area contributed by atoms with Gasteiger partial charge in [-0.05, 0) is 40.9 Å². The van der Waals surface area contributed by atoms with Gasteiger partial charge in [-0.3, -0.25) is 14.5 Å². The van der Waals surface area contributed by atoms with E-state index in [1.54, 1.807) is 13.8 Å². The fourth-order valence-corrected chi connectivity index (χ4v) is 1.30. The van der Waals surface area contributed by atoms with Gasteiger partial charge in [0.25, 0.3) is 11.8 Å². The molecule has 0 aromatic heterocycles. The van der Waals surface area contributed by atoms with Gasteiger partial charge < -0.3 is 4.90 Å². The highest BCUT2D eigenvalue weighted by Gasteiger charge is 2.21. The van der Waals surface area contributed by atoms with Crippen LogP contribution in [0.15, 0.2) is 24.3 Å². The van der Waals surface area contributed by atoms with Crippen LogP contribution in [0.1, 0.15) is 20.3 Å². The summed E-state index contributed by atoms with van der Waals surface area (Å²) < 4.78 is 0. The number of nitrogens with zero attached hydrogens (tertiary/aromatic N) is 2. The van der Waals surface area contributed by atoms with Crippen molar-refractivity contribution in [2.45, 2.75) is 20.3 Å². The first-order chi connectivity index (χ1) is 7.77. The lowest BCUT2D eigenvalue weighted by molar-refractivity contribution is -0.140. The van der Waals surface area contributed by atoms with Gasteiger partial charge in [-0.15, -0.1) is 0 Å². The van der Waals surface area contributed by atoms with Crippen LogP contribution in [-0.2, 0) is 9.59 Å². The van der Waals surface area contributed by atoms with Gasteiger partial charge in [-0.2, -0.15) is 0 Å². The largest absolute Gasteiger partial charge is 0.309 e. The first kappa shape index (κ1) is 15.6. The third kappa shape index (κ3) is 5.45. The van der Waals surface area contributed by atoms with E-state index in [0.29, 0.717) is 17.7 Å². The normalized spacial score (nSPS) is 10.2. The number of imide groups is 1. The molecule has 2 amide bonds. The molecule has 0 aliphatic carbocycles. The number of hydrogen-bond donors (Lipinski definition) is 0. The van der Waals surface area contributed by atoms with Crippen molar-refractivity contribution in [1.29, 1.82) is 0 Å².